The van der Waals surface area contributed by atoms with Gasteiger partial charge >= 0.3 is 0 Å². The first kappa shape index (κ1) is 18.6. The molecule has 0 fully saturated rings. The molecule has 3 aromatic rings. The van der Waals surface area contributed by atoms with Gasteiger partial charge in [-0.05, 0) is 46.3 Å². The number of ether oxygens (including phenoxy) is 2. The van der Waals surface area contributed by atoms with Crippen LogP contribution in [0.4, 0.5) is 0 Å². The van der Waals surface area contributed by atoms with Gasteiger partial charge in [0.2, 0.25) is 0 Å². The van der Waals surface area contributed by atoms with Gasteiger partial charge in [-0.2, -0.15) is 5.26 Å². The average molecular weight is 452 g/mol. The van der Waals surface area contributed by atoms with Crippen molar-refractivity contribution >= 4 is 54.9 Å². The van der Waals surface area contributed by atoms with E-state index < -0.39 is 5.92 Å². The number of ketones is 1. The fraction of sp³-hybridized carbons (Fsp3) is 0.167. The van der Waals surface area contributed by atoms with Crippen molar-refractivity contribution in [3.8, 4) is 17.6 Å². The van der Waals surface area contributed by atoms with Crippen LogP contribution in [0.3, 0.4) is 0 Å². The van der Waals surface area contributed by atoms with Crippen molar-refractivity contribution in [2.24, 2.45) is 0 Å². The molecule has 5 nitrogen and oxygen atoms in total. The summed E-state index contributed by atoms with van der Waals surface area (Å²) in [5.41, 5.74) is 0.974. The molecule has 1 unspecified atom stereocenters. The number of nitriles is 1. The Kier molecular flexibility index (Phi) is 5.47. The zero-order valence-corrected chi connectivity index (χ0v) is 16.9. The Bertz CT molecular complexity index is 1020. The van der Waals surface area contributed by atoms with Gasteiger partial charge in [0.1, 0.15) is 21.0 Å². The standard InChI is InChI=1S/C18H12BrClN2O3S/c1-24-13-5-9(6-14(25-2)16(13)19)17(23)11(8-21)18-22-12-7-10(20)3-4-15(12)26-18/h3-7,11H,1-2H3. The first-order valence-electron chi connectivity index (χ1n) is 7.39. The summed E-state index contributed by atoms with van der Waals surface area (Å²) in [5.74, 6) is -0.510. The second-order valence-electron chi connectivity index (χ2n) is 5.29. The van der Waals surface area contributed by atoms with E-state index in [4.69, 9.17) is 21.1 Å². The van der Waals surface area contributed by atoms with Crippen LogP contribution in [-0.2, 0) is 0 Å². The Morgan fingerprint density at radius 3 is 2.50 bits per heavy atom. The summed E-state index contributed by atoms with van der Waals surface area (Å²) in [6.45, 7) is 0. The fourth-order valence-corrected chi connectivity index (χ4v) is 4.16. The summed E-state index contributed by atoms with van der Waals surface area (Å²) >= 11 is 10.6. The molecule has 2 aromatic carbocycles. The third-order valence-corrected chi connectivity index (χ3v) is 5.85. The van der Waals surface area contributed by atoms with E-state index in [1.165, 1.54) is 25.6 Å². The van der Waals surface area contributed by atoms with Crippen molar-refractivity contribution in [1.82, 2.24) is 4.98 Å². The Labute approximate surface area is 167 Å². The van der Waals surface area contributed by atoms with Gasteiger partial charge in [0.25, 0.3) is 0 Å². The van der Waals surface area contributed by atoms with Crippen molar-refractivity contribution < 1.29 is 14.3 Å². The van der Waals surface area contributed by atoms with Crippen LogP contribution in [0.25, 0.3) is 10.2 Å². The van der Waals surface area contributed by atoms with Gasteiger partial charge in [-0.25, -0.2) is 4.98 Å². The molecule has 0 aliphatic carbocycles. The van der Waals surface area contributed by atoms with Crippen molar-refractivity contribution in [2.75, 3.05) is 14.2 Å². The highest BCUT2D eigenvalue weighted by molar-refractivity contribution is 9.10. The molecule has 1 aromatic heterocycles. The van der Waals surface area contributed by atoms with E-state index in [0.29, 0.717) is 37.1 Å². The highest BCUT2D eigenvalue weighted by Gasteiger charge is 2.27. The number of halogens is 2. The smallest absolute Gasteiger partial charge is 0.187 e. The lowest BCUT2D eigenvalue weighted by Crippen LogP contribution is -2.11. The summed E-state index contributed by atoms with van der Waals surface area (Å²) < 4.78 is 12.0. The number of fused-ring (bicyclic) bond motifs is 1. The quantitative estimate of drug-likeness (QED) is 0.497. The van der Waals surface area contributed by atoms with Gasteiger partial charge in [-0.15, -0.1) is 11.3 Å². The number of methoxy groups -OCH3 is 2. The van der Waals surface area contributed by atoms with Crippen molar-refractivity contribution in [3.05, 3.63) is 50.4 Å². The van der Waals surface area contributed by atoms with E-state index in [-0.39, 0.29) is 5.78 Å². The summed E-state index contributed by atoms with van der Waals surface area (Å²) in [6, 6.07) is 10.5. The molecule has 1 atom stereocenters. The predicted octanol–water partition coefficient (Wildman–Crippen LogP) is 5.22. The Morgan fingerprint density at radius 1 is 1.27 bits per heavy atom. The number of nitrogens with zero attached hydrogens (tertiary/aromatic N) is 2. The van der Waals surface area contributed by atoms with E-state index in [0.717, 1.165) is 4.70 Å². The molecule has 0 bridgehead atoms. The molecule has 8 heteroatoms. The predicted molar refractivity (Wildman–Crippen MR) is 105 cm³/mol. The van der Waals surface area contributed by atoms with Crippen LogP contribution in [0, 0.1) is 11.3 Å². The van der Waals surface area contributed by atoms with Crippen LogP contribution in [0.1, 0.15) is 21.3 Å². The van der Waals surface area contributed by atoms with E-state index >= 15 is 0 Å². The maximum absolute atomic E-state index is 13.0. The molecule has 0 saturated heterocycles. The van der Waals surface area contributed by atoms with E-state index in [2.05, 4.69) is 27.0 Å². The average Bonchev–Trinajstić information content (AvgIpc) is 3.05. The number of benzene rings is 2. The molecule has 0 spiro atoms. The summed E-state index contributed by atoms with van der Waals surface area (Å²) in [7, 11) is 2.99. The van der Waals surface area contributed by atoms with Crippen molar-refractivity contribution in [1.29, 1.82) is 5.26 Å². The number of carbonyl (C=O) groups excluding carboxylic acids is 1. The molecule has 0 N–H and O–H groups in total. The summed E-state index contributed by atoms with van der Waals surface area (Å²) in [6.07, 6.45) is 0. The van der Waals surface area contributed by atoms with Gasteiger partial charge in [-0.1, -0.05) is 11.6 Å². The number of thiazole rings is 1. The van der Waals surface area contributed by atoms with E-state index in [1.54, 1.807) is 24.3 Å². The maximum atomic E-state index is 13.0. The molecule has 132 valence electrons. The molecular weight excluding hydrogens is 440 g/mol. The van der Waals surface area contributed by atoms with Crippen molar-refractivity contribution in [3.63, 3.8) is 0 Å². The third-order valence-electron chi connectivity index (χ3n) is 3.73. The number of rotatable bonds is 5. The summed E-state index contributed by atoms with van der Waals surface area (Å²) in [4.78, 5) is 17.4. The van der Waals surface area contributed by atoms with E-state index in [1.807, 2.05) is 6.07 Å². The van der Waals surface area contributed by atoms with Crippen LogP contribution in [0.15, 0.2) is 34.8 Å². The second kappa shape index (κ2) is 7.62. The van der Waals surface area contributed by atoms with Crippen LogP contribution in [0.2, 0.25) is 5.02 Å². The third kappa shape index (κ3) is 3.40. The largest absolute Gasteiger partial charge is 0.495 e. The number of hydrogen-bond acceptors (Lipinski definition) is 6. The fourth-order valence-electron chi connectivity index (χ4n) is 2.45. The zero-order chi connectivity index (χ0) is 18.8. The topological polar surface area (TPSA) is 72.2 Å². The number of Topliss-reactive ketones (excluding diaryl/α,β-unsaturated/α-hetero) is 1. The molecular formula is C18H12BrClN2O3S. The second-order valence-corrected chi connectivity index (χ2v) is 7.58. The number of hydrogen-bond donors (Lipinski definition) is 0. The molecule has 26 heavy (non-hydrogen) atoms. The highest BCUT2D eigenvalue weighted by Crippen LogP contribution is 2.37. The van der Waals surface area contributed by atoms with Gasteiger partial charge < -0.3 is 9.47 Å². The molecule has 3 rings (SSSR count). The van der Waals surface area contributed by atoms with Gasteiger partial charge in [-0.3, -0.25) is 4.79 Å². The van der Waals surface area contributed by atoms with Crippen LogP contribution in [0.5, 0.6) is 11.5 Å². The first-order chi connectivity index (χ1) is 12.5. The minimum atomic E-state index is -1.03. The van der Waals surface area contributed by atoms with Crippen LogP contribution < -0.4 is 9.47 Å². The molecule has 0 amide bonds. The Morgan fingerprint density at radius 2 is 1.92 bits per heavy atom. The lowest BCUT2D eigenvalue weighted by atomic mass is 9.99. The Hall–Kier alpha value is -2.14. The van der Waals surface area contributed by atoms with E-state index in [9.17, 15) is 10.1 Å². The number of aromatic nitrogens is 1. The SMILES string of the molecule is COc1cc(C(=O)C(C#N)c2nc3cc(Cl)ccc3s2)cc(OC)c1Br. The lowest BCUT2D eigenvalue weighted by Gasteiger charge is -2.12. The van der Waals surface area contributed by atoms with Crippen molar-refractivity contribution in [2.45, 2.75) is 5.92 Å². The first-order valence-corrected chi connectivity index (χ1v) is 9.38. The van der Waals surface area contributed by atoms with Gasteiger partial charge in [0.15, 0.2) is 11.7 Å². The molecule has 0 radical (unpaired) electrons. The lowest BCUT2D eigenvalue weighted by molar-refractivity contribution is 0.0978. The molecule has 0 aliphatic heterocycles. The molecule has 0 aliphatic rings. The normalized spacial score (nSPS) is 11.8. The molecule has 1 heterocycles. The van der Waals surface area contributed by atoms with Gasteiger partial charge in [0.05, 0.1) is 30.5 Å². The minimum absolute atomic E-state index is 0.311. The molecule has 0 saturated carbocycles. The maximum Gasteiger partial charge on any atom is 0.187 e. The minimum Gasteiger partial charge on any atom is -0.495 e. The van der Waals surface area contributed by atoms with Gasteiger partial charge in [0, 0.05) is 10.6 Å². The highest BCUT2D eigenvalue weighted by atomic mass is 79.9. The van der Waals surface area contributed by atoms with Crippen LogP contribution in [-0.4, -0.2) is 25.0 Å². The van der Waals surface area contributed by atoms with Crippen LogP contribution >= 0.6 is 38.9 Å². The Balaban J connectivity index is 2.05. The summed E-state index contributed by atoms with van der Waals surface area (Å²) in [5, 5.41) is 10.6. The number of carbonyl (C=O) groups is 1. The zero-order valence-electron chi connectivity index (χ0n) is 13.7. The monoisotopic (exact) mass is 450 g/mol.